The first-order valence-electron chi connectivity index (χ1n) is 12.4. The minimum atomic E-state index is -4.98. The minimum absolute atomic E-state index is 0.0542. The van der Waals surface area contributed by atoms with E-state index in [0.717, 1.165) is 6.92 Å². The second kappa shape index (κ2) is 12.3. The van der Waals surface area contributed by atoms with Crippen molar-refractivity contribution in [3.63, 3.8) is 0 Å². The molecule has 0 aliphatic carbocycles. The first kappa shape index (κ1) is 31.3. The van der Waals surface area contributed by atoms with E-state index in [2.05, 4.69) is 15.5 Å². The van der Waals surface area contributed by atoms with Crippen LogP contribution in [0.4, 0.5) is 23.6 Å². The van der Waals surface area contributed by atoms with Gasteiger partial charge in [-0.1, -0.05) is 54.5 Å². The topological polar surface area (TPSA) is 156 Å². The molecule has 0 saturated heterocycles. The largest absolute Gasteiger partial charge is 0.426 e. The van der Waals surface area contributed by atoms with Crippen molar-refractivity contribution in [2.75, 3.05) is 5.32 Å². The van der Waals surface area contributed by atoms with Crippen LogP contribution in [0, 0.1) is 5.82 Å². The SMILES string of the molecule is CCC(O)(c1nnc(NCc2ccc3c(-c4ccc(F)cc4)cc(=O)oc3c2)o1)C(F)(F)F.O=S(=O)(O)c1ccccc1. The summed E-state index contributed by atoms with van der Waals surface area (Å²) in [7, 11) is -4.00. The Labute approximate surface area is 241 Å². The summed E-state index contributed by atoms with van der Waals surface area (Å²) < 4.78 is 92.2. The van der Waals surface area contributed by atoms with Gasteiger partial charge in [-0.05, 0) is 53.4 Å². The van der Waals surface area contributed by atoms with E-state index in [4.69, 9.17) is 13.4 Å². The highest BCUT2D eigenvalue weighted by Crippen LogP contribution is 2.41. The van der Waals surface area contributed by atoms with Crippen LogP contribution in [0.3, 0.4) is 0 Å². The van der Waals surface area contributed by atoms with Crippen LogP contribution in [-0.2, 0) is 22.3 Å². The zero-order valence-corrected chi connectivity index (χ0v) is 23.0. The van der Waals surface area contributed by atoms with Crippen molar-refractivity contribution in [3.8, 4) is 11.1 Å². The van der Waals surface area contributed by atoms with Crippen molar-refractivity contribution in [3.05, 3.63) is 107 Å². The van der Waals surface area contributed by atoms with E-state index >= 15 is 0 Å². The van der Waals surface area contributed by atoms with Gasteiger partial charge < -0.3 is 19.3 Å². The number of alkyl halides is 3. The van der Waals surface area contributed by atoms with Gasteiger partial charge in [-0.3, -0.25) is 4.55 Å². The number of aliphatic hydroxyl groups is 1. The second-order valence-electron chi connectivity index (χ2n) is 9.08. The van der Waals surface area contributed by atoms with Crippen molar-refractivity contribution in [2.45, 2.75) is 36.6 Å². The van der Waals surface area contributed by atoms with Gasteiger partial charge in [-0.25, -0.2) is 9.18 Å². The molecule has 0 amide bonds. The van der Waals surface area contributed by atoms with Gasteiger partial charge in [-0.2, -0.15) is 21.6 Å². The lowest BCUT2D eigenvalue weighted by Gasteiger charge is -2.25. The van der Waals surface area contributed by atoms with Crippen LogP contribution in [-0.4, -0.2) is 34.5 Å². The number of hydrogen-bond acceptors (Lipinski definition) is 9. The van der Waals surface area contributed by atoms with Gasteiger partial charge >= 0.3 is 17.8 Å². The Hall–Kier alpha value is -4.60. The molecule has 5 aromatic rings. The quantitative estimate of drug-likeness (QED) is 0.117. The Morgan fingerprint density at radius 2 is 1.60 bits per heavy atom. The number of aromatic nitrogens is 2. The zero-order chi connectivity index (χ0) is 31.4. The number of nitrogens with one attached hydrogen (secondary N) is 1. The van der Waals surface area contributed by atoms with E-state index in [-0.39, 0.29) is 23.0 Å². The molecule has 2 heterocycles. The van der Waals surface area contributed by atoms with Crippen molar-refractivity contribution in [1.29, 1.82) is 0 Å². The number of rotatable bonds is 7. The maximum absolute atomic E-state index is 13.2. The molecular formula is C28H23F4N3O7S. The number of hydrogen-bond donors (Lipinski definition) is 3. The minimum Gasteiger partial charge on any atom is -0.423 e. The molecule has 0 aliphatic rings. The predicted molar refractivity (Wildman–Crippen MR) is 146 cm³/mol. The van der Waals surface area contributed by atoms with Crippen molar-refractivity contribution >= 4 is 27.1 Å². The molecule has 3 aromatic carbocycles. The number of nitrogens with zero attached hydrogens (tertiary/aromatic N) is 2. The maximum Gasteiger partial charge on any atom is 0.426 e. The Morgan fingerprint density at radius 3 is 2.19 bits per heavy atom. The van der Waals surface area contributed by atoms with Crippen molar-refractivity contribution < 1.29 is 44.5 Å². The van der Waals surface area contributed by atoms with Crippen LogP contribution < -0.4 is 10.9 Å². The number of halogens is 4. The summed E-state index contributed by atoms with van der Waals surface area (Å²) in [5.74, 6) is -1.37. The lowest BCUT2D eigenvalue weighted by Crippen LogP contribution is -2.42. The van der Waals surface area contributed by atoms with Crippen LogP contribution in [0.2, 0.25) is 0 Å². The highest BCUT2D eigenvalue weighted by atomic mass is 32.2. The molecule has 3 N–H and O–H groups in total. The average molecular weight is 622 g/mol. The fourth-order valence-electron chi connectivity index (χ4n) is 3.89. The predicted octanol–water partition coefficient (Wildman–Crippen LogP) is 5.69. The maximum atomic E-state index is 13.2. The molecule has 1 unspecified atom stereocenters. The molecule has 10 nitrogen and oxygen atoms in total. The summed E-state index contributed by atoms with van der Waals surface area (Å²) in [5.41, 5.74) is -1.78. The standard InChI is InChI=1S/C22H17F4N3O4.C6H6O3S/c1-2-21(31,22(24,25)26)19-28-29-20(33-19)27-11-12-3-8-15-16(10-18(30)32-17(15)9-12)13-4-6-14(23)7-5-13;7-10(8,9)6-4-2-1-3-5-6/h3-10,31H,2,11H2,1H3,(H,27,29);1-5H,(H,7,8,9). The van der Waals surface area contributed by atoms with E-state index in [9.17, 15) is 35.9 Å². The van der Waals surface area contributed by atoms with Crippen LogP contribution in [0.25, 0.3) is 22.1 Å². The number of benzene rings is 3. The third-order valence-electron chi connectivity index (χ3n) is 6.21. The first-order chi connectivity index (χ1) is 20.2. The number of fused-ring (bicyclic) bond motifs is 1. The summed E-state index contributed by atoms with van der Waals surface area (Å²) in [5, 5.41) is 20.0. The third kappa shape index (κ3) is 7.25. The molecule has 226 valence electrons. The molecule has 5 rings (SSSR count). The summed E-state index contributed by atoms with van der Waals surface area (Å²) in [6, 6.07) is 19.1. The molecular weight excluding hydrogens is 598 g/mol. The highest BCUT2D eigenvalue weighted by molar-refractivity contribution is 7.85. The molecule has 43 heavy (non-hydrogen) atoms. The molecule has 2 aromatic heterocycles. The lowest BCUT2D eigenvalue weighted by molar-refractivity contribution is -0.275. The molecule has 0 saturated carbocycles. The normalized spacial score (nSPS) is 13.2. The Balaban J connectivity index is 0.000000359. The third-order valence-corrected chi connectivity index (χ3v) is 7.08. The highest BCUT2D eigenvalue weighted by Gasteiger charge is 2.57. The second-order valence-corrected chi connectivity index (χ2v) is 10.5. The van der Waals surface area contributed by atoms with Gasteiger partial charge in [0, 0.05) is 18.0 Å². The van der Waals surface area contributed by atoms with Crippen LogP contribution in [0.5, 0.6) is 0 Å². The molecule has 0 bridgehead atoms. The van der Waals surface area contributed by atoms with Gasteiger partial charge in [0.2, 0.25) is 5.60 Å². The summed E-state index contributed by atoms with van der Waals surface area (Å²) in [4.78, 5) is 12.0. The fourth-order valence-corrected chi connectivity index (χ4v) is 4.39. The smallest absolute Gasteiger partial charge is 0.423 e. The van der Waals surface area contributed by atoms with E-state index < -0.39 is 45.6 Å². The molecule has 0 spiro atoms. The van der Waals surface area contributed by atoms with Crippen LogP contribution in [0.15, 0.2) is 97.4 Å². The van der Waals surface area contributed by atoms with Crippen molar-refractivity contribution in [2.24, 2.45) is 0 Å². The van der Waals surface area contributed by atoms with Gasteiger partial charge in [-0.15, -0.1) is 5.10 Å². The lowest BCUT2D eigenvalue weighted by atomic mass is 10.0. The van der Waals surface area contributed by atoms with Crippen LogP contribution >= 0.6 is 0 Å². The Bertz CT molecular complexity index is 1880. The Kier molecular flexibility index (Phi) is 8.98. The summed E-state index contributed by atoms with van der Waals surface area (Å²) in [6.07, 6.45) is -5.68. The van der Waals surface area contributed by atoms with E-state index in [1.165, 1.54) is 30.3 Å². The van der Waals surface area contributed by atoms with E-state index in [0.29, 0.717) is 22.1 Å². The number of anilines is 1. The fraction of sp³-hybridized carbons (Fsp3) is 0.179. The molecule has 0 aliphatic heterocycles. The van der Waals surface area contributed by atoms with Gasteiger partial charge in [0.25, 0.3) is 16.0 Å². The first-order valence-corrected chi connectivity index (χ1v) is 13.9. The molecule has 15 heteroatoms. The molecule has 0 fully saturated rings. The van der Waals surface area contributed by atoms with Gasteiger partial charge in [0.1, 0.15) is 11.4 Å². The molecule has 0 radical (unpaired) electrons. The molecule has 1 atom stereocenters. The Morgan fingerprint density at radius 1 is 0.930 bits per heavy atom. The van der Waals surface area contributed by atoms with Gasteiger partial charge in [0.05, 0.1) is 4.90 Å². The average Bonchev–Trinajstić information content (AvgIpc) is 3.45. The van der Waals surface area contributed by atoms with Crippen molar-refractivity contribution in [1.82, 2.24) is 10.2 Å². The monoisotopic (exact) mass is 621 g/mol. The van der Waals surface area contributed by atoms with E-state index in [1.54, 1.807) is 48.5 Å². The summed E-state index contributed by atoms with van der Waals surface area (Å²) in [6.45, 7) is 1.20. The zero-order valence-electron chi connectivity index (χ0n) is 22.2. The summed E-state index contributed by atoms with van der Waals surface area (Å²) >= 11 is 0. The van der Waals surface area contributed by atoms with Gasteiger partial charge in [0.15, 0.2) is 0 Å². The van der Waals surface area contributed by atoms with Crippen LogP contribution in [0.1, 0.15) is 24.8 Å². The van der Waals surface area contributed by atoms with E-state index in [1.807, 2.05) is 0 Å².